The highest BCUT2D eigenvalue weighted by Gasteiger charge is 2.15. The Bertz CT molecular complexity index is 1960. The Labute approximate surface area is 205 Å². The second-order valence-electron chi connectivity index (χ2n) is 8.70. The summed E-state index contributed by atoms with van der Waals surface area (Å²) < 4.78 is 7.69. The number of pyridine rings is 1. The maximum atomic E-state index is 13.0. The number of hydrogen-bond donors (Lipinski definition) is 0. The van der Waals surface area contributed by atoms with E-state index in [0.29, 0.717) is 11.5 Å². The van der Waals surface area contributed by atoms with Crippen LogP contribution in [0.5, 0.6) is 0 Å². The highest BCUT2D eigenvalue weighted by molar-refractivity contribution is 6.13. The van der Waals surface area contributed by atoms with Crippen molar-refractivity contribution >= 4 is 27.6 Å². The molecule has 5 heteroatoms. The van der Waals surface area contributed by atoms with Crippen LogP contribution in [0, 0.1) is 0 Å². The molecule has 3 heterocycles. The summed E-state index contributed by atoms with van der Waals surface area (Å²) in [5, 5.41) is 2.05. The van der Waals surface area contributed by atoms with Crippen LogP contribution in [-0.4, -0.2) is 14.4 Å². The molecule has 36 heavy (non-hydrogen) atoms. The summed E-state index contributed by atoms with van der Waals surface area (Å²) in [7, 11) is 0. The Balaban J connectivity index is 1.42. The van der Waals surface area contributed by atoms with Gasteiger partial charge in [-0.2, -0.15) is 4.98 Å². The topological polar surface area (TPSA) is 60.4 Å². The van der Waals surface area contributed by atoms with E-state index in [1.165, 1.54) is 4.40 Å². The van der Waals surface area contributed by atoms with Gasteiger partial charge in [-0.1, -0.05) is 78.9 Å². The molecule has 0 bridgehead atoms. The molecule has 0 unspecified atom stereocenters. The lowest BCUT2D eigenvalue weighted by Gasteiger charge is -2.08. The Morgan fingerprint density at radius 2 is 1.36 bits per heavy atom. The van der Waals surface area contributed by atoms with E-state index in [2.05, 4.69) is 40.3 Å². The minimum absolute atomic E-state index is 0.365. The molecule has 7 aromatic rings. The fraction of sp³-hybridized carbons (Fsp3) is 0. The number of benzene rings is 4. The molecule has 0 fully saturated rings. The molecule has 0 aliphatic rings. The van der Waals surface area contributed by atoms with Crippen molar-refractivity contribution in [2.45, 2.75) is 0 Å². The van der Waals surface area contributed by atoms with E-state index < -0.39 is 0 Å². The summed E-state index contributed by atoms with van der Waals surface area (Å²) in [4.78, 5) is 21.8. The van der Waals surface area contributed by atoms with Gasteiger partial charge in [-0.05, 0) is 52.6 Å². The first-order valence-corrected chi connectivity index (χ1v) is 11.7. The van der Waals surface area contributed by atoms with Crippen LogP contribution >= 0.6 is 0 Å². The molecule has 3 aromatic heterocycles. The van der Waals surface area contributed by atoms with Gasteiger partial charge in [0.05, 0.1) is 0 Å². The second kappa shape index (κ2) is 8.03. The first-order chi connectivity index (χ1) is 17.7. The molecular weight excluding hydrogens is 446 g/mol. The third kappa shape index (κ3) is 3.29. The van der Waals surface area contributed by atoms with Gasteiger partial charge >= 0.3 is 5.69 Å². The van der Waals surface area contributed by atoms with Gasteiger partial charge in [0.2, 0.25) is 0 Å². The van der Waals surface area contributed by atoms with Gasteiger partial charge in [-0.3, -0.25) is 4.40 Å². The molecule has 0 atom stereocenters. The smallest absolute Gasteiger partial charge is 0.355 e. The van der Waals surface area contributed by atoms with Crippen LogP contribution in [0.1, 0.15) is 0 Å². The van der Waals surface area contributed by atoms with E-state index in [9.17, 15) is 4.79 Å². The van der Waals surface area contributed by atoms with E-state index in [1.807, 2.05) is 78.9 Å². The van der Waals surface area contributed by atoms with Gasteiger partial charge < -0.3 is 4.42 Å². The first kappa shape index (κ1) is 20.4. The first-order valence-electron chi connectivity index (χ1n) is 11.7. The molecule has 4 aromatic carbocycles. The van der Waals surface area contributed by atoms with Crippen molar-refractivity contribution in [3.63, 3.8) is 0 Å². The minimum Gasteiger partial charge on any atom is -0.456 e. The number of furan rings is 1. The number of fused-ring (bicyclic) bond motifs is 4. The van der Waals surface area contributed by atoms with Gasteiger partial charge in [0.1, 0.15) is 16.8 Å². The minimum atomic E-state index is -0.365. The summed E-state index contributed by atoms with van der Waals surface area (Å²) in [5.74, 6) is 0.421. The van der Waals surface area contributed by atoms with Crippen LogP contribution in [-0.2, 0) is 0 Å². The Hall–Kier alpha value is -5.03. The summed E-state index contributed by atoms with van der Waals surface area (Å²) in [6, 6.07) is 35.9. The molecule has 0 aliphatic carbocycles. The zero-order valence-electron chi connectivity index (χ0n) is 19.1. The molecule has 0 N–H and O–H groups in total. The predicted molar refractivity (Wildman–Crippen MR) is 143 cm³/mol. The summed E-state index contributed by atoms with van der Waals surface area (Å²) in [6.07, 6.45) is 1.81. The SMILES string of the molecule is O=c1nc(-c2ccccc2)nc2ccc(-c3cccc4oc5ccc(-c6ccccc6)cc5c34)cn12. The number of nitrogens with zero attached hydrogens (tertiary/aromatic N) is 3. The lowest BCUT2D eigenvalue weighted by Crippen LogP contribution is -2.19. The molecule has 170 valence electrons. The summed E-state index contributed by atoms with van der Waals surface area (Å²) in [6.45, 7) is 0. The standard InChI is InChI=1S/C31H19N3O2/c35-31-33-30(21-10-5-2-6-11-21)32-28-17-15-23(19-34(28)31)24-12-7-13-27-29(24)25-18-22(14-16-26(25)36-27)20-8-3-1-4-9-20/h1-19H. The van der Waals surface area contributed by atoms with E-state index >= 15 is 0 Å². The number of aromatic nitrogens is 3. The highest BCUT2D eigenvalue weighted by atomic mass is 16.3. The normalized spacial score (nSPS) is 11.4. The van der Waals surface area contributed by atoms with E-state index in [1.54, 1.807) is 6.20 Å². The molecule has 0 aliphatic heterocycles. The van der Waals surface area contributed by atoms with Crippen LogP contribution in [0.3, 0.4) is 0 Å². The molecule has 0 saturated carbocycles. The van der Waals surface area contributed by atoms with Crippen molar-refractivity contribution in [2.75, 3.05) is 0 Å². The fourth-order valence-electron chi connectivity index (χ4n) is 4.77. The lowest BCUT2D eigenvalue weighted by molar-refractivity contribution is 0.669. The zero-order chi connectivity index (χ0) is 24.1. The van der Waals surface area contributed by atoms with Gasteiger partial charge in [-0.15, -0.1) is 0 Å². The molecule has 0 radical (unpaired) electrons. The quantitative estimate of drug-likeness (QED) is 0.282. The van der Waals surface area contributed by atoms with E-state index in [-0.39, 0.29) is 5.69 Å². The maximum absolute atomic E-state index is 13.0. The Kier molecular flexibility index (Phi) is 4.54. The molecule has 0 spiro atoms. The molecule has 5 nitrogen and oxygen atoms in total. The molecular formula is C31H19N3O2. The Morgan fingerprint density at radius 3 is 2.17 bits per heavy atom. The van der Waals surface area contributed by atoms with Crippen LogP contribution in [0.2, 0.25) is 0 Å². The van der Waals surface area contributed by atoms with Crippen molar-refractivity contribution in [1.29, 1.82) is 0 Å². The zero-order valence-corrected chi connectivity index (χ0v) is 19.1. The average molecular weight is 466 g/mol. The van der Waals surface area contributed by atoms with Crippen molar-refractivity contribution in [2.24, 2.45) is 0 Å². The molecule has 0 amide bonds. The molecule has 7 rings (SSSR count). The van der Waals surface area contributed by atoms with Crippen molar-refractivity contribution < 1.29 is 4.42 Å². The van der Waals surface area contributed by atoms with Gasteiger partial charge in [-0.25, -0.2) is 9.78 Å². The van der Waals surface area contributed by atoms with Gasteiger partial charge in [0.15, 0.2) is 5.82 Å². The fourth-order valence-corrected chi connectivity index (χ4v) is 4.77. The van der Waals surface area contributed by atoms with Crippen molar-refractivity contribution in [1.82, 2.24) is 14.4 Å². The van der Waals surface area contributed by atoms with Crippen LogP contribution in [0.25, 0.3) is 61.2 Å². The summed E-state index contributed by atoms with van der Waals surface area (Å²) >= 11 is 0. The maximum Gasteiger partial charge on any atom is 0.355 e. The predicted octanol–water partition coefficient (Wildman–Crippen LogP) is 6.99. The largest absolute Gasteiger partial charge is 0.456 e. The van der Waals surface area contributed by atoms with Crippen molar-refractivity contribution in [3.05, 3.63) is 126 Å². The van der Waals surface area contributed by atoms with Gasteiger partial charge in [0, 0.05) is 22.5 Å². The number of rotatable bonds is 3. The van der Waals surface area contributed by atoms with E-state index in [0.717, 1.165) is 49.8 Å². The van der Waals surface area contributed by atoms with Gasteiger partial charge in [0.25, 0.3) is 0 Å². The average Bonchev–Trinajstić information content (AvgIpc) is 3.32. The third-order valence-corrected chi connectivity index (χ3v) is 6.50. The van der Waals surface area contributed by atoms with Crippen LogP contribution in [0.15, 0.2) is 125 Å². The van der Waals surface area contributed by atoms with Crippen LogP contribution < -0.4 is 5.69 Å². The summed E-state index contributed by atoms with van der Waals surface area (Å²) in [5.41, 5.74) is 6.76. The van der Waals surface area contributed by atoms with Crippen molar-refractivity contribution in [3.8, 4) is 33.6 Å². The lowest BCUT2D eigenvalue weighted by atomic mass is 9.98. The van der Waals surface area contributed by atoms with E-state index in [4.69, 9.17) is 4.42 Å². The van der Waals surface area contributed by atoms with Crippen LogP contribution in [0.4, 0.5) is 0 Å². The number of hydrogen-bond acceptors (Lipinski definition) is 4. The highest BCUT2D eigenvalue weighted by Crippen LogP contribution is 2.38. The third-order valence-electron chi connectivity index (χ3n) is 6.50. The Morgan fingerprint density at radius 1 is 0.611 bits per heavy atom. The monoisotopic (exact) mass is 465 g/mol. The molecule has 0 saturated heterocycles. The second-order valence-corrected chi connectivity index (χ2v) is 8.70.